The first kappa shape index (κ1) is 8.25. The molecule has 0 saturated carbocycles. The summed E-state index contributed by atoms with van der Waals surface area (Å²) in [4.78, 5) is 9.88. The topological polar surface area (TPSA) is 75.3 Å². The third-order valence-corrected chi connectivity index (χ3v) is 2.15. The van der Waals surface area contributed by atoms with E-state index in [4.69, 9.17) is 5.73 Å². The number of aliphatic hydroxyl groups is 1. The predicted octanol–water partition coefficient (Wildman–Crippen LogP) is -0.370. The van der Waals surface area contributed by atoms with E-state index in [0.29, 0.717) is 6.54 Å². The van der Waals surface area contributed by atoms with Gasteiger partial charge in [-0.3, -0.25) is 0 Å². The van der Waals surface area contributed by atoms with Crippen LogP contribution in [0.1, 0.15) is 6.42 Å². The summed E-state index contributed by atoms with van der Waals surface area (Å²) in [6.07, 6.45) is 2.18. The van der Waals surface area contributed by atoms with Crippen molar-refractivity contribution in [3.63, 3.8) is 0 Å². The molecule has 1 aromatic heterocycles. The first-order chi connectivity index (χ1) is 6.25. The lowest BCUT2D eigenvalue weighted by Crippen LogP contribution is -2.22. The molecule has 0 bridgehead atoms. The van der Waals surface area contributed by atoms with Crippen molar-refractivity contribution in [1.82, 2.24) is 9.97 Å². The lowest BCUT2D eigenvalue weighted by molar-refractivity contribution is 0.198. The number of nitrogens with zero attached hydrogens (tertiary/aromatic N) is 3. The molecule has 1 fully saturated rings. The molecule has 0 aromatic carbocycles. The highest BCUT2D eigenvalue weighted by atomic mass is 16.3. The molecule has 0 unspecified atom stereocenters. The predicted molar refractivity (Wildman–Crippen MR) is 49.3 cm³/mol. The Labute approximate surface area is 76.2 Å². The molecule has 2 rings (SSSR count). The molecule has 13 heavy (non-hydrogen) atoms. The van der Waals surface area contributed by atoms with Crippen molar-refractivity contribution < 1.29 is 5.11 Å². The Hall–Kier alpha value is -1.36. The highest BCUT2D eigenvalue weighted by Crippen LogP contribution is 2.17. The van der Waals surface area contributed by atoms with Gasteiger partial charge in [0.05, 0.1) is 6.10 Å². The van der Waals surface area contributed by atoms with Gasteiger partial charge in [0, 0.05) is 19.3 Å². The van der Waals surface area contributed by atoms with Gasteiger partial charge in [-0.05, 0) is 12.5 Å². The van der Waals surface area contributed by atoms with E-state index in [9.17, 15) is 5.11 Å². The van der Waals surface area contributed by atoms with Crippen LogP contribution in [-0.2, 0) is 0 Å². The first-order valence-corrected chi connectivity index (χ1v) is 4.27. The highest BCUT2D eigenvalue weighted by Gasteiger charge is 2.21. The van der Waals surface area contributed by atoms with Crippen molar-refractivity contribution in [3.8, 4) is 0 Å². The number of nitrogens with two attached hydrogens (primary N) is 1. The Morgan fingerprint density at radius 3 is 3.08 bits per heavy atom. The minimum absolute atomic E-state index is 0.240. The summed E-state index contributed by atoms with van der Waals surface area (Å²) >= 11 is 0. The standard InChI is InChI=1S/C8H12N4O/c9-8-10-3-1-7(11-8)12-4-2-6(13)5-12/h1,3,6,13H,2,4-5H2,(H2,9,10,11)/t6-/m1/s1. The number of hydrogen-bond acceptors (Lipinski definition) is 5. The minimum Gasteiger partial charge on any atom is -0.391 e. The van der Waals surface area contributed by atoms with Gasteiger partial charge in [0.15, 0.2) is 0 Å². The average molecular weight is 180 g/mol. The van der Waals surface area contributed by atoms with E-state index in [1.807, 2.05) is 4.90 Å². The molecule has 0 radical (unpaired) electrons. The fraction of sp³-hybridized carbons (Fsp3) is 0.500. The quantitative estimate of drug-likeness (QED) is 0.616. The van der Waals surface area contributed by atoms with Crippen molar-refractivity contribution >= 4 is 11.8 Å². The van der Waals surface area contributed by atoms with Gasteiger partial charge in [0.2, 0.25) is 5.95 Å². The Balaban J connectivity index is 2.16. The fourth-order valence-electron chi connectivity index (χ4n) is 1.49. The highest BCUT2D eigenvalue weighted by molar-refractivity contribution is 5.42. The normalized spacial score (nSPS) is 22.2. The molecule has 5 heteroatoms. The Morgan fingerprint density at radius 2 is 2.46 bits per heavy atom. The fourth-order valence-corrected chi connectivity index (χ4v) is 1.49. The maximum Gasteiger partial charge on any atom is 0.221 e. The molecule has 1 aliphatic rings. The summed E-state index contributed by atoms with van der Waals surface area (Å²) in [5, 5.41) is 9.31. The number of hydrogen-bond donors (Lipinski definition) is 2. The zero-order chi connectivity index (χ0) is 9.26. The molecule has 5 nitrogen and oxygen atoms in total. The van der Waals surface area contributed by atoms with Crippen molar-refractivity contribution in [1.29, 1.82) is 0 Å². The summed E-state index contributed by atoms with van der Waals surface area (Å²) in [6, 6.07) is 1.80. The second-order valence-corrected chi connectivity index (χ2v) is 3.16. The number of β-amino-alcohol motifs (C(OH)–C–C–N with tert-alkyl or cyclic N) is 1. The van der Waals surface area contributed by atoms with Gasteiger partial charge in [0.1, 0.15) is 5.82 Å². The zero-order valence-corrected chi connectivity index (χ0v) is 7.22. The Bertz CT molecular complexity index is 304. The van der Waals surface area contributed by atoms with Gasteiger partial charge >= 0.3 is 0 Å². The van der Waals surface area contributed by atoms with Gasteiger partial charge in [-0.2, -0.15) is 4.98 Å². The zero-order valence-electron chi connectivity index (χ0n) is 7.22. The van der Waals surface area contributed by atoms with Crippen molar-refractivity contribution in [3.05, 3.63) is 12.3 Å². The third-order valence-electron chi connectivity index (χ3n) is 2.15. The largest absolute Gasteiger partial charge is 0.391 e. The molecule has 0 amide bonds. The van der Waals surface area contributed by atoms with Crippen LogP contribution in [0, 0.1) is 0 Å². The Kier molecular flexibility index (Phi) is 2.02. The van der Waals surface area contributed by atoms with E-state index in [0.717, 1.165) is 18.8 Å². The number of aromatic nitrogens is 2. The maximum atomic E-state index is 9.31. The van der Waals surface area contributed by atoms with Crippen molar-refractivity contribution in [2.75, 3.05) is 23.7 Å². The number of rotatable bonds is 1. The molecule has 1 saturated heterocycles. The van der Waals surface area contributed by atoms with E-state index >= 15 is 0 Å². The van der Waals surface area contributed by atoms with Crippen LogP contribution < -0.4 is 10.6 Å². The Morgan fingerprint density at radius 1 is 1.62 bits per heavy atom. The lowest BCUT2D eigenvalue weighted by atomic mass is 10.3. The van der Waals surface area contributed by atoms with E-state index in [1.165, 1.54) is 0 Å². The van der Waals surface area contributed by atoms with Crippen LogP contribution in [0.5, 0.6) is 0 Å². The van der Waals surface area contributed by atoms with Gasteiger partial charge in [-0.15, -0.1) is 0 Å². The summed E-state index contributed by atoms with van der Waals surface area (Å²) < 4.78 is 0. The number of aliphatic hydroxyl groups excluding tert-OH is 1. The van der Waals surface area contributed by atoms with Crippen LogP contribution in [0.4, 0.5) is 11.8 Å². The van der Waals surface area contributed by atoms with Crippen molar-refractivity contribution in [2.24, 2.45) is 0 Å². The molecule has 2 heterocycles. The summed E-state index contributed by atoms with van der Waals surface area (Å²) in [5.41, 5.74) is 5.45. The van der Waals surface area contributed by atoms with Gasteiger partial charge < -0.3 is 15.7 Å². The van der Waals surface area contributed by atoms with Crippen LogP contribution in [0.2, 0.25) is 0 Å². The van der Waals surface area contributed by atoms with E-state index in [-0.39, 0.29) is 12.1 Å². The molecular weight excluding hydrogens is 168 g/mol. The third kappa shape index (κ3) is 1.70. The van der Waals surface area contributed by atoms with Crippen LogP contribution >= 0.6 is 0 Å². The molecule has 1 aromatic rings. The minimum atomic E-state index is -0.240. The monoisotopic (exact) mass is 180 g/mol. The molecule has 3 N–H and O–H groups in total. The maximum absolute atomic E-state index is 9.31. The first-order valence-electron chi connectivity index (χ1n) is 4.27. The van der Waals surface area contributed by atoms with E-state index in [1.54, 1.807) is 12.3 Å². The van der Waals surface area contributed by atoms with Crippen LogP contribution in [-0.4, -0.2) is 34.3 Å². The van der Waals surface area contributed by atoms with Gasteiger partial charge in [-0.1, -0.05) is 0 Å². The average Bonchev–Trinajstić information content (AvgIpc) is 2.52. The molecular formula is C8H12N4O. The lowest BCUT2D eigenvalue weighted by Gasteiger charge is -2.15. The van der Waals surface area contributed by atoms with Crippen LogP contribution in [0.25, 0.3) is 0 Å². The van der Waals surface area contributed by atoms with Gasteiger partial charge in [-0.25, -0.2) is 4.98 Å². The van der Waals surface area contributed by atoms with Gasteiger partial charge in [0.25, 0.3) is 0 Å². The number of anilines is 2. The van der Waals surface area contributed by atoms with E-state index < -0.39 is 0 Å². The van der Waals surface area contributed by atoms with Crippen molar-refractivity contribution in [2.45, 2.75) is 12.5 Å². The summed E-state index contributed by atoms with van der Waals surface area (Å²) in [5.74, 6) is 1.07. The second-order valence-electron chi connectivity index (χ2n) is 3.16. The number of nitrogen functional groups attached to an aromatic ring is 1. The molecule has 70 valence electrons. The van der Waals surface area contributed by atoms with E-state index in [2.05, 4.69) is 9.97 Å². The van der Waals surface area contributed by atoms with Crippen LogP contribution in [0.3, 0.4) is 0 Å². The van der Waals surface area contributed by atoms with Crippen LogP contribution in [0.15, 0.2) is 12.3 Å². The second kappa shape index (κ2) is 3.18. The SMILES string of the molecule is Nc1nccc(N2CC[C@@H](O)C2)n1. The molecule has 1 atom stereocenters. The molecule has 0 spiro atoms. The molecule has 0 aliphatic carbocycles. The summed E-state index contributed by atoms with van der Waals surface area (Å²) in [6.45, 7) is 1.47. The smallest absolute Gasteiger partial charge is 0.221 e. The molecule has 1 aliphatic heterocycles. The summed E-state index contributed by atoms with van der Waals surface area (Å²) in [7, 11) is 0.